The number of hydrogen-bond donors (Lipinski definition) is 2. The summed E-state index contributed by atoms with van der Waals surface area (Å²) in [7, 11) is 0. The number of benzene rings is 1. The summed E-state index contributed by atoms with van der Waals surface area (Å²) in [6.45, 7) is -2.97. The number of rotatable bonds is 4. The van der Waals surface area contributed by atoms with Crippen LogP contribution in [0.3, 0.4) is 0 Å². The molecule has 0 fully saturated rings. The Morgan fingerprint density at radius 1 is 1.43 bits per heavy atom. The molecule has 1 aromatic carbocycles. The molecule has 0 aliphatic heterocycles. The summed E-state index contributed by atoms with van der Waals surface area (Å²) >= 11 is 12.1. The average Bonchev–Trinajstić information content (AvgIpc) is 2.73. The van der Waals surface area contributed by atoms with Gasteiger partial charge in [-0.2, -0.15) is 13.9 Å². The zero-order valence-electron chi connectivity index (χ0n) is 9.96. The molecule has 0 saturated carbocycles. The number of halogens is 5. The van der Waals surface area contributed by atoms with Crippen molar-refractivity contribution in [2.24, 2.45) is 0 Å². The number of carbonyl (C=O) groups excluding carboxylic acids is 1. The van der Waals surface area contributed by atoms with Gasteiger partial charge < -0.3 is 10.1 Å². The highest BCUT2D eigenvalue weighted by molar-refractivity contribution is 9.13. The summed E-state index contributed by atoms with van der Waals surface area (Å²) in [4.78, 5) is 12.0. The maximum Gasteiger partial charge on any atom is 0.387 e. The Labute approximate surface area is 139 Å². The van der Waals surface area contributed by atoms with E-state index in [1.165, 1.54) is 18.2 Å². The zero-order chi connectivity index (χ0) is 15.6. The number of carbonyl (C=O) groups is 1. The van der Waals surface area contributed by atoms with E-state index in [9.17, 15) is 13.6 Å². The first-order valence-corrected chi connectivity index (χ1v) is 7.30. The summed E-state index contributed by atoms with van der Waals surface area (Å²) in [5.74, 6) is -0.671. The minimum Gasteiger partial charge on any atom is -0.433 e. The highest BCUT2D eigenvalue weighted by atomic mass is 79.9. The van der Waals surface area contributed by atoms with E-state index in [0.717, 1.165) is 0 Å². The van der Waals surface area contributed by atoms with Crippen LogP contribution in [-0.4, -0.2) is 22.7 Å². The van der Waals surface area contributed by atoms with Crippen molar-refractivity contribution >= 4 is 55.1 Å². The molecule has 0 aliphatic carbocycles. The van der Waals surface area contributed by atoms with Crippen LogP contribution in [0.2, 0.25) is 5.02 Å². The predicted octanol–water partition coefficient (Wildman–Crippen LogP) is 4.44. The number of ether oxygens (including phenoxy) is 1. The molecule has 2 N–H and O–H groups in total. The monoisotopic (exact) mass is 443 g/mol. The average molecular weight is 445 g/mol. The Morgan fingerprint density at radius 2 is 2.14 bits per heavy atom. The van der Waals surface area contributed by atoms with E-state index < -0.39 is 12.5 Å². The van der Waals surface area contributed by atoms with Crippen LogP contribution < -0.4 is 10.1 Å². The quantitative estimate of drug-likeness (QED) is 0.731. The van der Waals surface area contributed by atoms with Gasteiger partial charge in [0.1, 0.15) is 10.4 Å². The largest absolute Gasteiger partial charge is 0.433 e. The molecule has 0 aliphatic rings. The third-order valence-corrected chi connectivity index (χ3v) is 4.46. The molecule has 0 atom stereocenters. The molecule has 1 aromatic heterocycles. The maximum atomic E-state index is 12.1. The van der Waals surface area contributed by atoms with Gasteiger partial charge in [0.15, 0.2) is 5.69 Å². The van der Waals surface area contributed by atoms with Crippen molar-refractivity contribution < 1.29 is 18.3 Å². The number of anilines is 1. The smallest absolute Gasteiger partial charge is 0.387 e. The number of aromatic nitrogens is 2. The molecule has 1 amide bonds. The molecule has 21 heavy (non-hydrogen) atoms. The van der Waals surface area contributed by atoms with Gasteiger partial charge in [-0.25, -0.2) is 0 Å². The topological polar surface area (TPSA) is 67.0 Å². The summed E-state index contributed by atoms with van der Waals surface area (Å²) in [5, 5.41) is 8.87. The van der Waals surface area contributed by atoms with Crippen molar-refractivity contribution in [1.82, 2.24) is 10.2 Å². The number of H-pyrrole nitrogens is 1. The third-order valence-electron chi connectivity index (χ3n) is 2.29. The van der Waals surface area contributed by atoms with Crippen molar-refractivity contribution in [1.29, 1.82) is 0 Å². The fourth-order valence-electron chi connectivity index (χ4n) is 1.42. The van der Waals surface area contributed by atoms with Crippen LogP contribution in [-0.2, 0) is 0 Å². The molecule has 2 aromatic rings. The normalized spacial score (nSPS) is 10.8. The number of amides is 1. The van der Waals surface area contributed by atoms with Gasteiger partial charge >= 0.3 is 6.61 Å². The van der Waals surface area contributed by atoms with E-state index in [0.29, 0.717) is 14.8 Å². The van der Waals surface area contributed by atoms with Crippen molar-refractivity contribution in [3.8, 4) is 5.75 Å². The molecule has 0 unspecified atom stereocenters. The van der Waals surface area contributed by atoms with E-state index >= 15 is 0 Å². The molecule has 112 valence electrons. The van der Waals surface area contributed by atoms with Gasteiger partial charge in [0.05, 0.1) is 9.50 Å². The lowest BCUT2D eigenvalue weighted by Crippen LogP contribution is -2.13. The number of nitrogens with zero attached hydrogens (tertiary/aromatic N) is 1. The molecule has 1 heterocycles. The minimum absolute atomic E-state index is 0.0459. The standard InChI is InChI=1S/C11H6Br2ClF2N3O2/c12-7-8(18-19-9(7)13)10(20)17-4-1-2-6(5(14)3-4)21-11(15)16/h1-3,11H,(H,17,20)(H,18,19). The van der Waals surface area contributed by atoms with Gasteiger partial charge in [-0.05, 0) is 50.1 Å². The number of alkyl halides is 2. The van der Waals surface area contributed by atoms with Crippen molar-refractivity contribution in [3.63, 3.8) is 0 Å². The van der Waals surface area contributed by atoms with E-state index in [1.807, 2.05) is 0 Å². The molecule has 10 heteroatoms. The lowest BCUT2D eigenvalue weighted by Gasteiger charge is -2.09. The minimum atomic E-state index is -2.97. The molecule has 0 saturated heterocycles. The second kappa shape index (κ2) is 6.71. The summed E-state index contributed by atoms with van der Waals surface area (Å²) in [5.41, 5.74) is 0.448. The van der Waals surface area contributed by atoms with E-state index in [1.54, 1.807) is 0 Å². The van der Waals surface area contributed by atoms with Gasteiger partial charge in [0.2, 0.25) is 0 Å². The summed E-state index contributed by atoms with van der Waals surface area (Å²) < 4.78 is 29.4. The first kappa shape index (κ1) is 16.2. The Hall–Kier alpha value is -1.19. The lowest BCUT2D eigenvalue weighted by molar-refractivity contribution is -0.0497. The SMILES string of the molecule is O=C(Nc1ccc(OC(F)F)c(Cl)c1)c1n[nH]c(Br)c1Br. The molecular formula is C11H6Br2ClF2N3O2. The number of nitrogens with one attached hydrogen (secondary N) is 2. The first-order chi connectivity index (χ1) is 9.88. The van der Waals surface area contributed by atoms with Crippen molar-refractivity contribution in [2.45, 2.75) is 6.61 Å². The number of aromatic amines is 1. The van der Waals surface area contributed by atoms with Crippen LogP contribution in [0.5, 0.6) is 5.75 Å². The Balaban J connectivity index is 2.15. The van der Waals surface area contributed by atoms with Crippen LogP contribution in [0.25, 0.3) is 0 Å². The second-order valence-electron chi connectivity index (χ2n) is 3.68. The fraction of sp³-hybridized carbons (Fsp3) is 0.0909. The van der Waals surface area contributed by atoms with Gasteiger partial charge in [-0.3, -0.25) is 9.89 Å². The van der Waals surface area contributed by atoms with E-state index in [2.05, 4.69) is 52.1 Å². The molecule has 2 rings (SSSR count). The highest BCUT2D eigenvalue weighted by Crippen LogP contribution is 2.30. The lowest BCUT2D eigenvalue weighted by atomic mass is 10.3. The zero-order valence-corrected chi connectivity index (χ0v) is 13.9. The van der Waals surface area contributed by atoms with E-state index in [4.69, 9.17) is 11.6 Å². The van der Waals surface area contributed by atoms with Gasteiger partial charge in [0, 0.05) is 5.69 Å². The molecule has 0 radical (unpaired) electrons. The van der Waals surface area contributed by atoms with Gasteiger partial charge in [-0.15, -0.1) is 0 Å². The fourth-order valence-corrected chi connectivity index (χ4v) is 2.28. The van der Waals surface area contributed by atoms with E-state index in [-0.39, 0.29) is 16.5 Å². The van der Waals surface area contributed by atoms with Crippen LogP contribution in [0.4, 0.5) is 14.5 Å². The first-order valence-electron chi connectivity index (χ1n) is 5.33. The summed E-state index contributed by atoms with van der Waals surface area (Å²) in [6.07, 6.45) is 0. The van der Waals surface area contributed by atoms with Crippen molar-refractivity contribution in [3.05, 3.63) is 38.0 Å². The molecule has 0 bridgehead atoms. The van der Waals surface area contributed by atoms with Crippen molar-refractivity contribution in [2.75, 3.05) is 5.32 Å². The maximum absolute atomic E-state index is 12.1. The van der Waals surface area contributed by atoms with Gasteiger partial charge in [-0.1, -0.05) is 11.6 Å². The predicted molar refractivity (Wildman–Crippen MR) is 80.0 cm³/mol. The molecule has 0 spiro atoms. The summed E-state index contributed by atoms with van der Waals surface area (Å²) in [6, 6.07) is 3.92. The molecular weight excluding hydrogens is 439 g/mol. The number of hydrogen-bond acceptors (Lipinski definition) is 3. The Morgan fingerprint density at radius 3 is 2.67 bits per heavy atom. The van der Waals surface area contributed by atoms with Crippen LogP contribution in [0, 0.1) is 0 Å². The van der Waals surface area contributed by atoms with Crippen LogP contribution >= 0.6 is 43.5 Å². The van der Waals surface area contributed by atoms with Crippen LogP contribution in [0.1, 0.15) is 10.5 Å². The Bertz CT molecular complexity index is 681. The third kappa shape index (κ3) is 3.92. The van der Waals surface area contributed by atoms with Gasteiger partial charge in [0.25, 0.3) is 5.91 Å². The van der Waals surface area contributed by atoms with Crippen LogP contribution in [0.15, 0.2) is 27.3 Å². The Kier molecular flexibility index (Phi) is 5.17. The molecule has 5 nitrogen and oxygen atoms in total. The highest BCUT2D eigenvalue weighted by Gasteiger charge is 2.17. The second-order valence-corrected chi connectivity index (χ2v) is 5.67.